The molecule has 0 heterocycles. The van der Waals surface area contributed by atoms with E-state index in [1.807, 2.05) is 24.3 Å². The van der Waals surface area contributed by atoms with Crippen molar-refractivity contribution in [3.8, 4) is 11.8 Å². The molecular weight excluding hydrogens is 198 g/mol. The Morgan fingerprint density at radius 2 is 2.00 bits per heavy atom. The zero-order chi connectivity index (χ0) is 11.4. The summed E-state index contributed by atoms with van der Waals surface area (Å²) in [5.41, 5.74) is 0.958. The molecule has 2 heteroatoms. The SMILES string of the molecule is CCCCOc1ccc(C2(C#N)CC2)cc1. The minimum absolute atomic E-state index is 0.179. The molecule has 2 nitrogen and oxygen atoms in total. The summed E-state index contributed by atoms with van der Waals surface area (Å²) in [6.45, 7) is 2.93. The molecular formula is C14H17NO. The first-order chi connectivity index (χ1) is 7.80. The smallest absolute Gasteiger partial charge is 0.119 e. The van der Waals surface area contributed by atoms with Gasteiger partial charge < -0.3 is 4.74 Å². The number of benzene rings is 1. The van der Waals surface area contributed by atoms with E-state index in [4.69, 9.17) is 10.00 Å². The molecule has 1 saturated carbocycles. The number of rotatable bonds is 5. The lowest BCUT2D eigenvalue weighted by atomic mass is 9.98. The maximum Gasteiger partial charge on any atom is 0.119 e. The Morgan fingerprint density at radius 1 is 1.31 bits per heavy atom. The Hall–Kier alpha value is -1.49. The molecule has 0 bridgehead atoms. The quantitative estimate of drug-likeness (QED) is 0.705. The first kappa shape index (κ1) is 11.0. The largest absolute Gasteiger partial charge is 0.494 e. The predicted molar refractivity (Wildman–Crippen MR) is 63.4 cm³/mol. The van der Waals surface area contributed by atoms with Gasteiger partial charge in [-0.05, 0) is 37.0 Å². The lowest BCUT2D eigenvalue weighted by Gasteiger charge is -2.08. The van der Waals surface area contributed by atoms with Crippen LogP contribution >= 0.6 is 0 Å². The van der Waals surface area contributed by atoms with Gasteiger partial charge in [0, 0.05) is 0 Å². The number of nitriles is 1. The van der Waals surface area contributed by atoms with E-state index in [0.29, 0.717) is 0 Å². The fourth-order valence-corrected chi connectivity index (χ4v) is 1.79. The van der Waals surface area contributed by atoms with Crippen LogP contribution in [0.5, 0.6) is 5.75 Å². The second-order valence-corrected chi connectivity index (χ2v) is 4.42. The molecule has 0 radical (unpaired) electrons. The lowest BCUT2D eigenvalue weighted by molar-refractivity contribution is 0.309. The first-order valence-corrected chi connectivity index (χ1v) is 5.95. The highest BCUT2D eigenvalue weighted by Gasteiger charge is 2.44. The van der Waals surface area contributed by atoms with Crippen molar-refractivity contribution in [2.45, 2.75) is 38.0 Å². The van der Waals surface area contributed by atoms with E-state index in [0.717, 1.165) is 43.6 Å². The van der Waals surface area contributed by atoms with Crippen molar-refractivity contribution in [3.63, 3.8) is 0 Å². The van der Waals surface area contributed by atoms with E-state index in [2.05, 4.69) is 13.0 Å². The first-order valence-electron chi connectivity index (χ1n) is 5.95. The molecule has 16 heavy (non-hydrogen) atoms. The van der Waals surface area contributed by atoms with Crippen LogP contribution in [0.3, 0.4) is 0 Å². The van der Waals surface area contributed by atoms with Crippen LogP contribution in [0.4, 0.5) is 0 Å². The minimum atomic E-state index is -0.179. The Morgan fingerprint density at radius 3 is 2.50 bits per heavy atom. The normalized spacial score (nSPS) is 16.5. The maximum absolute atomic E-state index is 9.07. The van der Waals surface area contributed by atoms with Crippen LogP contribution in [-0.4, -0.2) is 6.61 Å². The molecule has 0 unspecified atom stereocenters. The maximum atomic E-state index is 9.07. The molecule has 1 aromatic rings. The average Bonchev–Trinajstić information content (AvgIpc) is 3.11. The van der Waals surface area contributed by atoms with Gasteiger partial charge in [-0.2, -0.15) is 5.26 Å². The van der Waals surface area contributed by atoms with E-state index < -0.39 is 0 Å². The molecule has 84 valence electrons. The minimum Gasteiger partial charge on any atom is -0.494 e. The van der Waals surface area contributed by atoms with Crippen LogP contribution in [0, 0.1) is 11.3 Å². The fourth-order valence-electron chi connectivity index (χ4n) is 1.79. The topological polar surface area (TPSA) is 33.0 Å². The van der Waals surface area contributed by atoms with E-state index in [1.165, 1.54) is 0 Å². The molecule has 0 aromatic heterocycles. The van der Waals surface area contributed by atoms with Crippen molar-refractivity contribution >= 4 is 0 Å². The van der Waals surface area contributed by atoms with Crippen LogP contribution in [0.1, 0.15) is 38.2 Å². The highest BCUT2D eigenvalue weighted by Crippen LogP contribution is 2.47. The van der Waals surface area contributed by atoms with Crippen molar-refractivity contribution in [2.75, 3.05) is 6.61 Å². The van der Waals surface area contributed by atoms with Gasteiger partial charge in [-0.15, -0.1) is 0 Å². The zero-order valence-corrected chi connectivity index (χ0v) is 9.70. The van der Waals surface area contributed by atoms with E-state index in [1.54, 1.807) is 0 Å². The summed E-state index contributed by atoms with van der Waals surface area (Å²) in [4.78, 5) is 0. The number of hydrogen-bond acceptors (Lipinski definition) is 2. The molecule has 1 aliphatic rings. The van der Waals surface area contributed by atoms with Gasteiger partial charge in [-0.25, -0.2) is 0 Å². The predicted octanol–water partition coefficient (Wildman–Crippen LogP) is 3.42. The van der Waals surface area contributed by atoms with Crippen molar-refractivity contribution in [2.24, 2.45) is 0 Å². The van der Waals surface area contributed by atoms with Gasteiger partial charge in [-0.3, -0.25) is 0 Å². The van der Waals surface area contributed by atoms with Crippen LogP contribution in [0.2, 0.25) is 0 Å². The van der Waals surface area contributed by atoms with Gasteiger partial charge in [0.15, 0.2) is 0 Å². The standard InChI is InChI=1S/C14H17NO/c1-2-3-10-16-13-6-4-12(5-7-13)14(11-15)8-9-14/h4-7H,2-3,8-10H2,1H3. The Kier molecular flexibility index (Phi) is 3.14. The molecule has 0 saturated heterocycles. The van der Waals surface area contributed by atoms with Crippen molar-refractivity contribution in [1.82, 2.24) is 0 Å². The van der Waals surface area contributed by atoms with Gasteiger partial charge in [0.2, 0.25) is 0 Å². The number of unbranched alkanes of at least 4 members (excludes halogenated alkanes) is 1. The van der Waals surface area contributed by atoms with Gasteiger partial charge in [0.25, 0.3) is 0 Å². The van der Waals surface area contributed by atoms with Crippen LogP contribution < -0.4 is 4.74 Å². The molecule has 0 amide bonds. The highest BCUT2D eigenvalue weighted by molar-refractivity contribution is 5.41. The monoisotopic (exact) mass is 215 g/mol. The number of hydrogen-bond donors (Lipinski definition) is 0. The molecule has 0 atom stereocenters. The zero-order valence-electron chi connectivity index (χ0n) is 9.70. The lowest BCUT2D eigenvalue weighted by Crippen LogP contribution is -2.02. The third-order valence-corrected chi connectivity index (χ3v) is 3.14. The second kappa shape index (κ2) is 4.57. The highest BCUT2D eigenvalue weighted by atomic mass is 16.5. The average molecular weight is 215 g/mol. The third kappa shape index (κ3) is 2.19. The van der Waals surface area contributed by atoms with Crippen LogP contribution in [-0.2, 0) is 5.41 Å². The van der Waals surface area contributed by atoms with Crippen molar-refractivity contribution in [3.05, 3.63) is 29.8 Å². The van der Waals surface area contributed by atoms with Crippen LogP contribution in [0.15, 0.2) is 24.3 Å². The van der Waals surface area contributed by atoms with E-state index in [9.17, 15) is 0 Å². The summed E-state index contributed by atoms with van der Waals surface area (Å²) in [6.07, 6.45) is 4.23. The Bertz CT molecular complexity index is 384. The van der Waals surface area contributed by atoms with Crippen molar-refractivity contribution < 1.29 is 4.74 Å². The Balaban J connectivity index is 1.98. The Labute approximate surface area is 96.9 Å². The summed E-state index contributed by atoms with van der Waals surface area (Å²) < 4.78 is 5.59. The van der Waals surface area contributed by atoms with Crippen LogP contribution in [0.25, 0.3) is 0 Å². The molecule has 2 rings (SSSR count). The van der Waals surface area contributed by atoms with Gasteiger partial charge in [0.05, 0.1) is 18.1 Å². The summed E-state index contributed by atoms with van der Waals surface area (Å²) >= 11 is 0. The second-order valence-electron chi connectivity index (χ2n) is 4.42. The molecule has 0 spiro atoms. The van der Waals surface area contributed by atoms with Gasteiger partial charge in [0.1, 0.15) is 5.75 Å². The number of ether oxygens (including phenoxy) is 1. The summed E-state index contributed by atoms with van der Waals surface area (Å²) in [6, 6.07) is 10.4. The molecule has 0 N–H and O–H groups in total. The molecule has 0 aliphatic heterocycles. The molecule has 1 aliphatic carbocycles. The summed E-state index contributed by atoms with van der Waals surface area (Å²) in [5, 5.41) is 9.07. The fraction of sp³-hybridized carbons (Fsp3) is 0.500. The summed E-state index contributed by atoms with van der Waals surface area (Å²) in [5.74, 6) is 0.908. The van der Waals surface area contributed by atoms with Crippen molar-refractivity contribution in [1.29, 1.82) is 5.26 Å². The van der Waals surface area contributed by atoms with E-state index >= 15 is 0 Å². The molecule has 1 fully saturated rings. The molecule has 1 aromatic carbocycles. The van der Waals surface area contributed by atoms with E-state index in [-0.39, 0.29) is 5.41 Å². The third-order valence-electron chi connectivity index (χ3n) is 3.14. The van der Waals surface area contributed by atoms with Gasteiger partial charge in [-0.1, -0.05) is 25.5 Å². The summed E-state index contributed by atoms with van der Waals surface area (Å²) in [7, 11) is 0. The van der Waals surface area contributed by atoms with Gasteiger partial charge >= 0.3 is 0 Å². The number of nitrogens with zero attached hydrogens (tertiary/aromatic N) is 1.